The molecule has 0 atom stereocenters. The Kier molecular flexibility index (Phi) is 4.44. The van der Waals surface area contributed by atoms with Gasteiger partial charge in [0, 0.05) is 28.7 Å². The van der Waals surface area contributed by atoms with Crippen LogP contribution in [0.1, 0.15) is 11.3 Å². The van der Waals surface area contributed by atoms with Gasteiger partial charge in [0.1, 0.15) is 0 Å². The number of aromatic amines is 1. The van der Waals surface area contributed by atoms with Crippen LogP contribution in [0.4, 0.5) is 16.2 Å². The lowest BCUT2D eigenvalue weighted by atomic mass is 10.0. The van der Waals surface area contributed by atoms with Crippen LogP contribution in [-0.4, -0.2) is 21.2 Å². The Bertz CT molecular complexity index is 1200. The summed E-state index contributed by atoms with van der Waals surface area (Å²) in [5, 5.41) is 22.6. The molecule has 7 nitrogen and oxygen atoms in total. The summed E-state index contributed by atoms with van der Waals surface area (Å²) in [6.07, 6.45) is 1.73. The van der Waals surface area contributed by atoms with E-state index in [-0.39, 0.29) is 6.03 Å². The minimum Gasteiger partial charge on any atom is -0.308 e. The molecule has 2 heterocycles. The van der Waals surface area contributed by atoms with Gasteiger partial charge in [0.05, 0.1) is 11.6 Å². The summed E-state index contributed by atoms with van der Waals surface area (Å²) in [6, 6.07) is 17.9. The fourth-order valence-electron chi connectivity index (χ4n) is 3.03. The van der Waals surface area contributed by atoms with Crippen molar-refractivity contribution in [3.8, 4) is 17.2 Å². The van der Waals surface area contributed by atoms with Crippen LogP contribution in [0, 0.1) is 18.3 Å². The summed E-state index contributed by atoms with van der Waals surface area (Å²) >= 11 is 0. The normalized spacial score (nSPS) is 10.4. The Morgan fingerprint density at radius 3 is 2.64 bits per heavy atom. The molecule has 136 valence electrons. The second kappa shape index (κ2) is 7.21. The summed E-state index contributed by atoms with van der Waals surface area (Å²) in [6.45, 7) is 1.96. The molecule has 0 aliphatic heterocycles. The van der Waals surface area contributed by atoms with Gasteiger partial charge < -0.3 is 10.6 Å². The third-order valence-electron chi connectivity index (χ3n) is 4.34. The van der Waals surface area contributed by atoms with Crippen molar-refractivity contribution < 1.29 is 4.79 Å². The number of nitrogens with zero attached hydrogens (tertiary/aromatic N) is 3. The van der Waals surface area contributed by atoms with E-state index in [9.17, 15) is 4.79 Å². The van der Waals surface area contributed by atoms with Gasteiger partial charge in [-0.15, -0.1) is 0 Å². The molecule has 7 heteroatoms. The summed E-state index contributed by atoms with van der Waals surface area (Å²) in [5.41, 5.74) is 5.37. The van der Waals surface area contributed by atoms with Crippen LogP contribution in [0.3, 0.4) is 0 Å². The molecular weight excluding hydrogens is 352 g/mol. The maximum atomic E-state index is 12.2. The van der Waals surface area contributed by atoms with Crippen LogP contribution >= 0.6 is 0 Å². The van der Waals surface area contributed by atoms with Crippen molar-refractivity contribution in [3.63, 3.8) is 0 Å². The molecule has 2 amide bonds. The van der Waals surface area contributed by atoms with E-state index in [0.29, 0.717) is 22.6 Å². The van der Waals surface area contributed by atoms with Gasteiger partial charge in [-0.25, -0.2) is 9.78 Å². The van der Waals surface area contributed by atoms with Crippen LogP contribution in [0.5, 0.6) is 0 Å². The molecule has 0 aliphatic rings. The van der Waals surface area contributed by atoms with Crippen LogP contribution in [0.25, 0.3) is 22.2 Å². The lowest BCUT2D eigenvalue weighted by Gasteiger charge is -2.09. The van der Waals surface area contributed by atoms with Gasteiger partial charge >= 0.3 is 6.03 Å². The number of carbonyl (C=O) groups excluding carboxylic acids is 1. The van der Waals surface area contributed by atoms with E-state index in [2.05, 4.69) is 25.8 Å². The van der Waals surface area contributed by atoms with Crippen LogP contribution in [0.2, 0.25) is 0 Å². The van der Waals surface area contributed by atoms with Crippen molar-refractivity contribution in [1.29, 1.82) is 5.26 Å². The highest BCUT2D eigenvalue weighted by atomic mass is 16.2. The topological polar surface area (TPSA) is 106 Å². The SMILES string of the molecule is Cc1[nH]nc2nccc(-c3ccc(NC(=O)Nc4cccc(C#N)c4)cc3)c12. The zero-order valence-electron chi connectivity index (χ0n) is 15.0. The molecule has 0 saturated carbocycles. The van der Waals surface area contributed by atoms with Crippen LogP contribution < -0.4 is 10.6 Å². The highest BCUT2D eigenvalue weighted by Gasteiger charge is 2.10. The number of H-pyrrole nitrogens is 1. The number of nitriles is 1. The molecule has 0 spiro atoms. The standard InChI is InChI=1S/C21H16N6O/c1-13-19-18(9-10-23-20(19)27-26-13)15-5-7-16(8-6-15)24-21(28)25-17-4-2-3-14(11-17)12-22/h2-11H,1H3,(H,23,26,27)(H2,24,25,28). The van der Waals surface area contributed by atoms with Crippen LogP contribution in [0.15, 0.2) is 60.8 Å². The first kappa shape index (κ1) is 17.2. The third-order valence-corrected chi connectivity index (χ3v) is 4.34. The summed E-state index contributed by atoms with van der Waals surface area (Å²) in [4.78, 5) is 16.5. The summed E-state index contributed by atoms with van der Waals surface area (Å²) < 4.78 is 0. The van der Waals surface area contributed by atoms with E-state index < -0.39 is 0 Å². The average molecular weight is 368 g/mol. The summed E-state index contributed by atoms with van der Waals surface area (Å²) in [7, 11) is 0. The zero-order valence-corrected chi connectivity index (χ0v) is 15.0. The fraction of sp³-hybridized carbons (Fsp3) is 0.0476. The quantitative estimate of drug-likeness (QED) is 0.496. The minimum atomic E-state index is -0.375. The Hall–Kier alpha value is -4.18. The Labute approximate surface area is 161 Å². The number of hydrogen-bond donors (Lipinski definition) is 3. The highest BCUT2D eigenvalue weighted by molar-refractivity contribution is 6.00. The molecule has 0 aliphatic carbocycles. The first-order valence-corrected chi connectivity index (χ1v) is 8.62. The molecule has 28 heavy (non-hydrogen) atoms. The van der Waals surface area contributed by atoms with Gasteiger partial charge in [-0.2, -0.15) is 10.4 Å². The number of urea groups is 1. The van der Waals surface area contributed by atoms with Crippen LogP contribution in [-0.2, 0) is 0 Å². The van der Waals surface area contributed by atoms with E-state index in [4.69, 9.17) is 5.26 Å². The van der Waals surface area contributed by atoms with Gasteiger partial charge in [0.2, 0.25) is 0 Å². The highest BCUT2D eigenvalue weighted by Crippen LogP contribution is 2.29. The van der Waals surface area contributed by atoms with E-state index >= 15 is 0 Å². The minimum absolute atomic E-state index is 0.375. The maximum Gasteiger partial charge on any atom is 0.323 e. The number of hydrogen-bond acceptors (Lipinski definition) is 4. The van der Waals surface area contributed by atoms with Gasteiger partial charge in [0.15, 0.2) is 5.65 Å². The van der Waals surface area contributed by atoms with Crippen molar-refractivity contribution in [2.45, 2.75) is 6.92 Å². The number of fused-ring (bicyclic) bond motifs is 1. The number of anilines is 2. The largest absolute Gasteiger partial charge is 0.323 e. The van der Waals surface area contributed by atoms with E-state index in [1.54, 1.807) is 30.5 Å². The number of aryl methyl sites for hydroxylation is 1. The Morgan fingerprint density at radius 2 is 1.86 bits per heavy atom. The summed E-state index contributed by atoms with van der Waals surface area (Å²) in [5.74, 6) is 0. The predicted octanol–water partition coefficient (Wildman–Crippen LogP) is 4.45. The molecule has 0 bridgehead atoms. The monoisotopic (exact) mass is 368 g/mol. The van der Waals surface area contributed by atoms with Crippen molar-refractivity contribution in [2.75, 3.05) is 10.6 Å². The molecule has 0 fully saturated rings. The molecule has 3 N–H and O–H groups in total. The molecule has 0 unspecified atom stereocenters. The van der Waals surface area contributed by atoms with Crippen molar-refractivity contribution in [3.05, 3.63) is 72.1 Å². The van der Waals surface area contributed by atoms with Crippen molar-refractivity contribution in [2.24, 2.45) is 0 Å². The molecular formula is C21H16N6O. The van der Waals surface area contributed by atoms with E-state index in [0.717, 1.165) is 22.2 Å². The molecule has 0 saturated heterocycles. The molecule has 2 aromatic heterocycles. The fourth-order valence-corrected chi connectivity index (χ4v) is 3.03. The van der Waals surface area contributed by atoms with Crippen molar-refractivity contribution in [1.82, 2.24) is 15.2 Å². The molecule has 0 radical (unpaired) electrons. The van der Waals surface area contributed by atoms with Gasteiger partial charge in [-0.1, -0.05) is 18.2 Å². The van der Waals surface area contributed by atoms with Gasteiger partial charge in [-0.05, 0) is 54.4 Å². The number of rotatable bonds is 3. The predicted molar refractivity (Wildman–Crippen MR) is 108 cm³/mol. The van der Waals surface area contributed by atoms with E-state index in [1.165, 1.54) is 0 Å². The lowest BCUT2D eigenvalue weighted by molar-refractivity contribution is 0.262. The second-order valence-corrected chi connectivity index (χ2v) is 6.25. The molecule has 2 aromatic carbocycles. The Morgan fingerprint density at radius 1 is 1.07 bits per heavy atom. The molecule has 4 rings (SSSR count). The maximum absolute atomic E-state index is 12.2. The van der Waals surface area contributed by atoms with Gasteiger partial charge in [-0.3, -0.25) is 5.10 Å². The first-order valence-electron chi connectivity index (χ1n) is 8.62. The smallest absolute Gasteiger partial charge is 0.308 e. The van der Waals surface area contributed by atoms with Crippen molar-refractivity contribution >= 4 is 28.4 Å². The number of amides is 2. The van der Waals surface area contributed by atoms with Gasteiger partial charge in [0.25, 0.3) is 0 Å². The number of benzene rings is 2. The number of aromatic nitrogens is 3. The number of carbonyl (C=O) groups is 1. The average Bonchev–Trinajstić information content (AvgIpc) is 3.10. The Balaban J connectivity index is 1.51. The molecule has 4 aromatic rings. The zero-order chi connectivity index (χ0) is 19.5. The number of nitrogens with one attached hydrogen (secondary N) is 3. The lowest BCUT2D eigenvalue weighted by Crippen LogP contribution is -2.19. The third kappa shape index (κ3) is 3.39. The van der Waals surface area contributed by atoms with E-state index in [1.807, 2.05) is 43.3 Å². The number of pyridine rings is 1. The first-order chi connectivity index (χ1) is 13.6. The second-order valence-electron chi connectivity index (χ2n) is 6.25.